The van der Waals surface area contributed by atoms with Gasteiger partial charge in [0.25, 0.3) is 0 Å². The van der Waals surface area contributed by atoms with Gasteiger partial charge >= 0.3 is 0 Å². The van der Waals surface area contributed by atoms with Crippen LogP contribution in [0.2, 0.25) is 0 Å². The van der Waals surface area contributed by atoms with E-state index in [2.05, 4.69) is 43.4 Å². The van der Waals surface area contributed by atoms with Crippen LogP contribution in [0.15, 0.2) is 24.3 Å². The largest absolute Gasteiger partial charge is 0.313 e. The quantitative estimate of drug-likeness (QED) is 0.681. The Morgan fingerprint density at radius 2 is 1.86 bits per heavy atom. The van der Waals surface area contributed by atoms with Crippen molar-refractivity contribution in [3.05, 3.63) is 35.4 Å². The van der Waals surface area contributed by atoms with E-state index in [1.165, 1.54) is 30.4 Å². The lowest BCUT2D eigenvalue weighted by Crippen LogP contribution is -2.13. The molecule has 0 aliphatic rings. The summed E-state index contributed by atoms with van der Waals surface area (Å²) in [6.45, 7) is 6.53. The Labute approximate surface area is 87.5 Å². The molecule has 1 N–H and O–H groups in total. The number of hydrogen-bond acceptors (Lipinski definition) is 1. The molecule has 0 atom stereocenters. The van der Waals surface area contributed by atoms with Gasteiger partial charge in [-0.05, 0) is 30.5 Å². The normalized spacial score (nSPS) is 10.4. The van der Waals surface area contributed by atoms with Crippen LogP contribution in [0, 0.1) is 0 Å². The van der Waals surface area contributed by atoms with Crippen LogP contribution < -0.4 is 5.32 Å². The van der Waals surface area contributed by atoms with Crippen molar-refractivity contribution in [1.29, 1.82) is 0 Å². The van der Waals surface area contributed by atoms with Crippen LogP contribution in [0.5, 0.6) is 0 Å². The molecule has 0 unspecified atom stereocenters. The van der Waals surface area contributed by atoms with E-state index in [1.54, 1.807) is 0 Å². The van der Waals surface area contributed by atoms with Crippen LogP contribution in [0.25, 0.3) is 0 Å². The molecule has 1 aromatic rings. The summed E-state index contributed by atoms with van der Waals surface area (Å²) in [6.07, 6.45) is 3.63. The van der Waals surface area contributed by atoms with Gasteiger partial charge in [0.2, 0.25) is 0 Å². The molecule has 0 aliphatic heterocycles. The van der Waals surface area contributed by atoms with Gasteiger partial charge < -0.3 is 5.32 Å². The van der Waals surface area contributed by atoms with Crippen molar-refractivity contribution in [1.82, 2.24) is 5.32 Å². The maximum Gasteiger partial charge on any atom is 0.0205 e. The van der Waals surface area contributed by atoms with Crippen LogP contribution in [0.1, 0.15) is 37.8 Å². The number of benzene rings is 1. The lowest BCUT2D eigenvalue weighted by molar-refractivity contribution is 0.675. The SMILES string of the molecule is CCCNCc1cccc(CCC)c1. The second-order valence-electron chi connectivity index (χ2n) is 3.75. The zero-order valence-electron chi connectivity index (χ0n) is 9.34. The maximum atomic E-state index is 3.42. The van der Waals surface area contributed by atoms with Crippen molar-refractivity contribution < 1.29 is 0 Å². The van der Waals surface area contributed by atoms with Gasteiger partial charge in [0.05, 0.1) is 0 Å². The Hall–Kier alpha value is -0.820. The molecule has 0 bridgehead atoms. The van der Waals surface area contributed by atoms with Gasteiger partial charge in [0.15, 0.2) is 0 Å². The Bertz CT molecular complexity index is 255. The molecule has 0 aliphatic carbocycles. The maximum absolute atomic E-state index is 3.42. The number of hydrogen-bond donors (Lipinski definition) is 1. The first-order valence-corrected chi connectivity index (χ1v) is 5.65. The third kappa shape index (κ3) is 3.93. The highest BCUT2D eigenvalue weighted by molar-refractivity contribution is 5.23. The van der Waals surface area contributed by atoms with E-state index in [0.717, 1.165) is 13.1 Å². The van der Waals surface area contributed by atoms with Crippen LogP contribution in [0.4, 0.5) is 0 Å². The fourth-order valence-corrected chi connectivity index (χ4v) is 1.59. The van der Waals surface area contributed by atoms with E-state index in [4.69, 9.17) is 0 Å². The average Bonchev–Trinajstić information content (AvgIpc) is 2.19. The highest BCUT2D eigenvalue weighted by Gasteiger charge is 1.94. The van der Waals surface area contributed by atoms with Gasteiger partial charge in [-0.3, -0.25) is 0 Å². The second kappa shape index (κ2) is 6.61. The lowest BCUT2D eigenvalue weighted by Gasteiger charge is -2.05. The molecule has 0 fully saturated rings. The molecule has 14 heavy (non-hydrogen) atoms. The Morgan fingerprint density at radius 1 is 1.07 bits per heavy atom. The minimum Gasteiger partial charge on any atom is -0.313 e. The van der Waals surface area contributed by atoms with E-state index in [-0.39, 0.29) is 0 Å². The first-order chi connectivity index (χ1) is 6.86. The van der Waals surface area contributed by atoms with E-state index in [9.17, 15) is 0 Å². The standard InChI is InChI=1S/C13H21N/c1-3-6-12-7-5-8-13(10-12)11-14-9-4-2/h5,7-8,10,14H,3-4,6,9,11H2,1-2H3. The van der Waals surface area contributed by atoms with Crippen molar-refractivity contribution in [3.63, 3.8) is 0 Å². The fraction of sp³-hybridized carbons (Fsp3) is 0.538. The van der Waals surface area contributed by atoms with Crippen molar-refractivity contribution in [2.45, 2.75) is 39.7 Å². The van der Waals surface area contributed by atoms with Crippen molar-refractivity contribution in [2.75, 3.05) is 6.54 Å². The van der Waals surface area contributed by atoms with Gasteiger partial charge in [-0.15, -0.1) is 0 Å². The topological polar surface area (TPSA) is 12.0 Å². The average molecular weight is 191 g/mol. The third-order valence-electron chi connectivity index (χ3n) is 2.29. The molecule has 1 nitrogen and oxygen atoms in total. The molecule has 1 aromatic carbocycles. The van der Waals surface area contributed by atoms with Crippen molar-refractivity contribution in [2.24, 2.45) is 0 Å². The molecule has 0 spiro atoms. The number of nitrogens with one attached hydrogen (secondary N) is 1. The first kappa shape index (κ1) is 11.3. The summed E-state index contributed by atoms with van der Waals surface area (Å²) < 4.78 is 0. The molecule has 0 amide bonds. The van der Waals surface area contributed by atoms with Crippen LogP contribution in [-0.2, 0) is 13.0 Å². The predicted molar refractivity (Wildman–Crippen MR) is 62.4 cm³/mol. The van der Waals surface area contributed by atoms with Crippen LogP contribution in [-0.4, -0.2) is 6.54 Å². The predicted octanol–water partition coefficient (Wildman–Crippen LogP) is 3.14. The van der Waals surface area contributed by atoms with Gasteiger partial charge in [0, 0.05) is 6.54 Å². The summed E-state index contributed by atoms with van der Waals surface area (Å²) in [6, 6.07) is 8.88. The van der Waals surface area contributed by atoms with Gasteiger partial charge in [0.1, 0.15) is 0 Å². The Morgan fingerprint density at radius 3 is 2.57 bits per heavy atom. The zero-order valence-corrected chi connectivity index (χ0v) is 9.34. The Balaban J connectivity index is 2.46. The smallest absolute Gasteiger partial charge is 0.0205 e. The van der Waals surface area contributed by atoms with Gasteiger partial charge in [-0.2, -0.15) is 0 Å². The van der Waals surface area contributed by atoms with E-state index in [0.29, 0.717) is 0 Å². The summed E-state index contributed by atoms with van der Waals surface area (Å²) >= 11 is 0. The summed E-state index contributed by atoms with van der Waals surface area (Å²) in [5.74, 6) is 0. The molecule has 1 rings (SSSR count). The summed E-state index contributed by atoms with van der Waals surface area (Å²) in [5.41, 5.74) is 2.87. The van der Waals surface area contributed by atoms with E-state index in [1.807, 2.05) is 0 Å². The van der Waals surface area contributed by atoms with Crippen molar-refractivity contribution >= 4 is 0 Å². The summed E-state index contributed by atoms with van der Waals surface area (Å²) in [4.78, 5) is 0. The molecule has 78 valence electrons. The minimum atomic E-state index is 1.01. The third-order valence-corrected chi connectivity index (χ3v) is 2.29. The molecule has 0 heterocycles. The molecular weight excluding hydrogens is 170 g/mol. The highest BCUT2D eigenvalue weighted by atomic mass is 14.8. The molecule has 0 saturated heterocycles. The van der Waals surface area contributed by atoms with Crippen LogP contribution >= 0.6 is 0 Å². The minimum absolute atomic E-state index is 1.01. The molecule has 1 heteroatoms. The molecule has 0 saturated carbocycles. The lowest BCUT2D eigenvalue weighted by atomic mass is 10.1. The molecule has 0 radical (unpaired) electrons. The van der Waals surface area contributed by atoms with E-state index < -0.39 is 0 Å². The highest BCUT2D eigenvalue weighted by Crippen LogP contribution is 2.07. The van der Waals surface area contributed by atoms with Gasteiger partial charge in [-0.1, -0.05) is 44.5 Å². The monoisotopic (exact) mass is 191 g/mol. The summed E-state index contributed by atoms with van der Waals surface area (Å²) in [7, 11) is 0. The number of aryl methyl sites for hydroxylation is 1. The molecule has 0 aromatic heterocycles. The number of rotatable bonds is 6. The molecular formula is C13H21N. The second-order valence-corrected chi connectivity index (χ2v) is 3.75. The Kier molecular flexibility index (Phi) is 5.31. The van der Waals surface area contributed by atoms with Crippen molar-refractivity contribution in [3.8, 4) is 0 Å². The zero-order chi connectivity index (χ0) is 10.2. The first-order valence-electron chi connectivity index (χ1n) is 5.65. The fourth-order valence-electron chi connectivity index (χ4n) is 1.59. The van der Waals surface area contributed by atoms with Crippen LogP contribution in [0.3, 0.4) is 0 Å². The van der Waals surface area contributed by atoms with E-state index >= 15 is 0 Å². The summed E-state index contributed by atoms with van der Waals surface area (Å²) in [5, 5.41) is 3.42. The van der Waals surface area contributed by atoms with Gasteiger partial charge in [-0.25, -0.2) is 0 Å².